The molecular formula is C16H17Cl2N5O2. The van der Waals surface area contributed by atoms with Gasteiger partial charge in [-0.2, -0.15) is 0 Å². The molecule has 3 aromatic rings. The van der Waals surface area contributed by atoms with E-state index in [9.17, 15) is 10.1 Å². The van der Waals surface area contributed by atoms with Crippen LogP contribution in [0.25, 0.3) is 10.9 Å². The van der Waals surface area contributed by atoms with Gasteiger partial charge in [0.2, 0.25) is 0 Å². The van der Waals surface area contributed by atoms with E-state index in [1.807, 2.05) is 24.3 Å². The van der Waals surface area contributed by atoms with Crippen molar-refractivity contribution in [2.24, 2.45) is 0 Å². The van der Waals surface area contributed by atoms with Crippen LogP contribution >= 0.6 is 24.0 Å². The molecule has 0 saturated heterocycles. The van der Waals surface area contributed by atoms with Crippen molar-refractivity contribution in [2.45, 2.75) is 19.4 Å². The third-order valence-electron chi connectivity index (χ3n) is 3.70. The van der Waals surface area contributed by atoms with Gasteiger partial charge in [-0.1, -0.05) is 16.6 Å². The summed E-state index contributed by atoms with van der Waals surface area (Å²) in [5, 5.41) is 15.9. The predicted octanol–water partition coefficient (Wildman–Crippen LogP) is 4.31. The molecule has 132 valence electrons. The molecule has 7 nitrogen and oxygen atoms in total. The summed E-state index contributed by atoms with van der Waals surface area (Å²) in [5.41, 5.74) is 1.85. The molecule has 0 unspecified atom stereocenters. The number of fused-ring (bicyclic) bond motifs is 1. The third-order valence-corrected chi connectivity index (χ3v) is 3.94. The molecule has 0 radical (unpaired) electrons. The minimum absolute atomic E-state index is 0. The molecule has 3 rings (SSSR count). The van der Waals surface area contributed by atoms with Gasteiger partial charge in [-0.25, -0.2) is 4.57 Å². The van der Waals surface area contributed by atoms with Crippen molar-refractivity contribution in [3.8, 4) is 0 Å². The van der Waals surface area contributed by atoms with Crippen LogP contribution in [0.4, 0.5) is 11.6 Å². The molecule has 0 fully saturated rings. The highest BCUT2D eigenvalue weighted by Crippen LogP contribution is 2.24. The molecule has 1 N–H and O–H groups in total. The minimum atomic E-state index is -0.466. The van der Waals surface area contributed by atoms with Gasteiger partial charge in [-0.15, -0.1) is 12.4 Å². The highest BCUT2D eigenvalue weighted by atomic mass is 35.5. The van der Waals surface area contributed by atoms with E-state index in [4.69, 9.17) is 11.6 Å². The number of hydrogen-bond donors (Lipinski definition) is 1. The smallest absolute Gasteiger partial charge is 0.390 e. The summed E-state index contributed by atoms with van der Waals surface area (Å²) in [4.78, 5) is 18.4. The Kier molecular flexibility index (Phi) is 6.55. The standard InChI is InChI=1S/C16H16ClN5O2.ClH/c17-12-3-4-13-14(5-7-19-15(13)11-12)18-6-1-2-9-21-10-8-20-16(21)22(23)24;/h3-5,7-8,10-11H,1-2,6,9H2,(H,18,19);1H. The first-order chi connectivity index (χ1) is 11.6. The molecule has 0 spiro atoms. The Bertz CT molecular complexity index is 869. The number of aryl methyl sites for hydroxylation is 1. The van der Waals surface area contributed by atoms with E-state index in [-0.39, 0.29) is 18.4 Å². The number of benzene rings is 1. The number of imidazole rings is 1. The van der Waals surface area contributed by atoms with Gasteiger partial charge in [-0.05, 0) is 42.0 Å². The molecule has 2 aromatic heterocycles. The molecule has 0 aliphatic rings. The second-order valence-electron chi connectivity index (χ2n) is 5.33. The number of rotatable bonds is 7. The number of pyridine rings is 1. The number of unbranched alkanes of at least 4 members (excludes halogenated alkanes) is 1. The lowest BCUT2D eigenvalue weighted by atomic mass is 10.2. The predicted molar refractivity (Wildman–Crippen MR) is 101 cm³/mol. The van der Waals surface area contributed by atoms with E-state index >= 15 is 0 Å². The van der Waals surface area contributed by atoms with Crippen LogP contribution in [0, 0.1) is 10.1 Å². The Hall–Kier alpha value is -2.38. The van der Waals surface area contributed by atoms with Gasteiger partial charge in [0.1, 0.15) is 12.4 Å². The summed E-state index contributed by atoms with van der Waals surface area (Å²) >= 11 is 5.98. The molecule has 2 heterocycles. The normalized spacial score (nSPS) is 10.4. The first kappa shape index (κ1) is 19.0. The lowest BCUT2D eigenvalue weighted by Gasteiger charge is -2.09. The number of anilines is 1. The van der Waals surface area contributed by atoms with Crippen LogP contribution in [0.15, 0.2) is 42.9 Å². The molecule has 1 aromatic carbocycles. The van der Waals surface area contributed by atoms with Gasteiger partial charge in [0.05, 0.1) is 12.1 Å². The number of halogens is 2. The fourth-order valence-corrected chi connectivity index (χ4v) is 2.72. The molecule has 0 amide bonds. The Morgan fingerprint density at radius 2 is 2.04 bits per heavy atom. The van der Waals surface area contributed by atoms with Crippen LogP contribution in [0.3, 0.4) is 0 Å². The zero-order valence-electron chi connectivity index (χ0n) is 13.3. The van der Waals surface area contributed by atoms with E-state index in [2.05, 4.69) is 15.3 Å². The van der Waals surface area contributed by atoms with E-state index in [0.717, 1.165) is 36.0 Å². The van der Waals surface area contributed by atoms with Crippen LogP contribution in [0.1, 0.15) is 12.8 Å². The maximum Gasteiger partial charge on any atom is 0.434 e. The Labute approximate surface area is 155 Å². The van der Waals surface area contributed by atoms with Gasteiger partial charge in [0, 0.05) is 28.8 Å². The molecule has 0 saturated carbocycles. The van der Waals surface area contributed by atoms with E-state index in [1.54, 1.807) is 17.0 Å². The summed E-state index contributed by atoms with van der Waals surface area (Å²) < 4.78 is 1.56. The van der Waals surface area contributed by atoms with Gasteiger partial charge in [0.25, 0.3) is 0 Å². The topological polar surface area (TPSA) is 85.9 Å². The van der Waals surface area contributed by atoms with Crippen molar-refractivity contribution in [1.82, 2.24) is 14.5 Å². The summed E-state index contributed by atoms with van der Waals surface area (Å²) in [6.45, 7) is 1.34. The van der Waals surface area contributed by atoms with Gasteiger partial charge in [-0.3, -0.25) is 4.98 Å². The summed E-state index contributed by atoms with van der Waals surface area (Å²) in [7, 11) is 0. The Balaban J connectivity index is 0.00000225. The fourth-order valence-electron chi connectivity index (χ4n) is 2.55. The maximum absolute atomic E-state index is 10.8. The SMILES string of the molecule is Cl.O=[N+]([O-])c1nccn1CCCCNc1ccnc2cc(Cl)ccc12. The highest BCUT2D eigenvalue weighted by molar-refractivity contribution is 6.31. The number of nitro groups is 1. The number of hydrogen-bond acceptors (Lipinski definition) is 5. The van der Waals surface area contributed by atoms with Gasteiger partial charge in [0.15, 0.2) is 0 Å². The first-order valence-corrected chi connectivity index (χ1v) is 7.96. The van der Waals surface area contributed by atoms with Crippen molar-refractivity contribution >= 4 is 46.5 Å². The lowest BCUT2D eigenvalue weighted by Crippen LogP contribution is -2.06. The number of aromatic nitrogens is 3. The van der Waals surface area contributed by atoms with Gasteiger partial charge < -0.3 is 15.4 Å². The average Bonchev–Trinajstić information content (AvgIpc) is 3.03. The summed E-state index contributed by atoms with van der Waals surface area (Å²) in [5.74, 6) is -0.111. The third kappa shape index (κ3) is 4.58. The van der Waals surface area contributed by atoms with Crippen molar-refractivity contribution in [2.75, 3.05) is 11.9 Å². The zero-order chi connectivity index (χ0) is 16.9. The Morgan fingerprint density at radius 3 is 2.84 bits per heavy atom. The molecule has 0 aliphatic heterocycles. The molecule has 25 heavy (non-hydrogen) atoms. The van der Waals surface area contributed by atoms with Crippen molar-refractivity contribution in [1.29, 1.82) is 0 Å². The highest BCUT2D eigenvalue weighted by Gasteiger charge is 2.12. The van der Waals surface area contributed by atoms with E-state index in [0.29, 0.717) is 11.6 Å². The molecular weight excluding hydrogens is 365 g/mol. The van der Waals surface area contributed by atoms with Crippen LogP contribution < -0.4 is 5.32 Å². The quantitative estimate of drug-likeness (QED) is 0.374. The van der Waals surface area contributed by atoms with E-state index in [1.165, 1.54) is 6.20 Å². The fraction of sp³-hybridized carbons (Fsp3) is 0.250. The summed E-state index contributed by atoms with van der Waals surface area (Å²) in [6, 6.07) is 7.55. The summed E-state index contributed by atoms with van der Waals surface area (Å²) in [6.07, 6.45) is 6.53. The van der Waals surface area contributed by atoms with Crippen LogP contribution in [-0.2, 0) is 6.54 Å². The zero-order valence-corrected chi connectivity index (χ0v) is 14.8. The van der Waals surface area contributed by atoms with Crippen LogP contribution in [0.5, 0.6) is 0 Å². The number of nitrogens with one attached hydrogen (secondary N) is 1. The average molecular weight is 382 g/mol. The Morgan fingerprint density at radius 1 is 1.20 bits per heavy atom. The molecule has 9 heteroatoms. The number of nitrogens with zero attached hydrogens (tertiary/aromatic N) is 4. The largest absolute Gasteiger partial charge is 0.434 e. The first-order valence-electron chi connectivity index (χ1n) is 7.59. The monoisotopic (exact) mass is 381 g/mol. The molecule has 0 atom stereocenters. The lowest BCUT2D eigenvalue weighted by molar-refractivity contribution is -0.396. The molecule has 0 aliphatic carbocycles. The van der Waals surface area contributed by atoms with Crippen molar-refractivity contribution in [3.05, 3.63) is 58.0 Å². The van der Waals surface area contributed by atoms with E-state index < -0.39 is 4.92 Å². The van der Waals surface area contributed by atoms with Crippen LogP contribution in [-0.4, -0.2) is 26.0 Å². The maximum atomic E-state index is 10.8. The second kappa shape index (κ2) is 8.64. The van der Waals surface area contributed by atoms with Crippen molar-refractivity contribution in [3.63, 3.8) is 0 Å². The van der Waals surface area contributed by atoms with Crippen LogP contribution in [0.2, 0.25) is 5.02 Å². The van der Waals surface area contributed by atoms with Crippen molar-refractivity contribution < 1.29 is 4.92 Å². The second-order valence-corrected chi connectivity index (χ2v) is 5.77. The van der Waals surface area contributed by atoms with Gasteiger partial charge >= 0.3 is 5.95 Å². The molecule has 0 bridgehead atoms. The minimum Gasteiger partial charge on any atom is -0.390 e.